The minimum absolute atomic E-state index is 0.480. The van der Waals surface area contributed by atoms with Crippen LogP contribution in [0, 0.1) is 5.92 Å². The van der Waals surface area contributed by atoms with Crippen LogP contribution in [0.4, 0.5) is 0 Å². The number of likely N-dealkylation sites (N-methyl/N-ethyl adjacent to an activating group) is 1. The zero-order valence-corrected chi connectivity index (χ0v) is 7.84. The van der Waals surface area contributed by atoms with E-state index in [2.05, 4.69) is 25.8 Å². The molecular formula is C9H19NO. The largest absolute Gasteiger partial charge is 0.376 e. The van der Waals surface area contributed by atoms with Gasteiger partial charge in [-0.3, -0.25) is 0 Å². The molecule has 1 atom stereocenters. The van der Waals surface area contributed by atoms with Crippen LogP contribution >= 0.6 is 0 Å². The number of nitrogens with zero attached hydrogens (tertiary/aromatic N) is 1. The zero-order chi connectivity index (χ0) is 8.27. The van der Waals surface area contributed by atoms with Gasteiger partial charge in [-0.25, -0.2) is 0 Å². The molecule has 1 saturated heterocycles. The number of morpholine rings is 1. The molecule has 1 heterocycles. The fraction of sp³-hybridized carbons (Fsp3) is 1.00. The second-order valence-corrected chi connectivity index (χ2v) is 3.88. The summed E-state index contributed by atoms with van der Waals surface area (Å²) in [7, 11) is 2.16. The molecule has 0 unspecified atom stereocenters. The summed E-state index contributed by atoms with van der Waals surface area (Å²) in [6.07, 6.45) is 1.68. The fourth-order valence-corrected chi connectivity index (χ4v) is 1.54. The molecular weight excluding hydrogens is 138 g/mol. The Bertz CT molecular complexity index is 112. The van der Waals surface area contributed by atoms with Gasteiger partial charge in [0.25, 0.3) is 0 Å². The molecule has 1 rings (SSSR count). The maximum Gasteiger partial charge on any atom is 0.0704 e. The van der Waals surface area contributed by atoms with Gasteiger partial charge in [0.15, 0.2) is 0 Å². The summed E-state index contributed by atoms with van der Waals surface area (Å²) >= 11 is 0. The Morgan fingerprint density at radius 3 is 2.82 bits per heavy atom. The topological polar surface area (TPSA) is 12.5 Å². The molecule has 0 bridgehead atoms. The standard InChI is InChI=1S/C9H19NO/c1-8(2)6-9-7-10(3)4-5-11-9/h8-9H,4-7H2,1-3H3/t9-/m0/s1. The SMILES string of the molecule is CC(C)C[C@H]1CN(C)CCO1. The van der Waals surface area contributed by atoms with Crippen LogP contribution in [0.3, 0.4) is 0 Å². The average Bonchev–Trinajstić information content (AvgIpc) is 1.85. The minimum atomic E-state index is 0.480. The van der Waals surface area contributed by atoms with Crippen molar-refractivity contribution in [3.63, 3.8) is 0 Å². The molecule has 1 aliphatic heterocycles. The molecule has 0 amide bonds. The Morgan fingerprint density at radius 2 is 2.27 bits per heavy atom. The summed E-state index contributed by atoms with van der Waals surface area (Å²) in [6.45, 7) is 7.61. The molecule has 0 aromatic carbocycles. The Hall–Kier alpha value is -0.0800. The Morgan fingerprint density at radius 1 is 1.55 bits per heavy atom. The van der Waals surface area contributed by atoms with Gasteiger partial charge in [0, 0.05) is 13.1 Å². The van der Waals surface area contributed by atoms with E-state index in [-0.39, 0.29) is 0 Å². The van der Waals surface area contributed by atoms with Gasteiger partial charge in [0.1, 0.15) is 0 Å². The molecule has 2 heteroatoms. The molecule has 0 aromatic heterocycles. The molecule has 1 aliphatic rings. The molecule has 0 N–H and O–H groups in total. The summed E-state index contributed by atoms with van der Waals surface area (Å²) in [4.78, 5) is 2.34. The molecule has 66 valence electrons. The molecule has 0 aliphatic carbocycles. The summed E-state index contributed by atoms with van der Waals surface area (Å²) in [5.74, 6) is 0.756. The first-order valence-electron chi connectivity index (χ1n) is 4.48. The fourth-order valence-electron chi connectivity index (χ4n) is 1.54. The van der Waals surface area contributed by atoms with Crippen LogP contribution in [0.1, 0.15) is 20.3 Å². The van der Waals surface area contributed by atoms with Crippen molar-refractivity contribution in [2.24, 2.45) is 5.92 Å². The molecule has 11 heavy (non-hydrogen) atoms. The molecule has 0 radical (unpaired) electrons. The van der Waals surface area contributed by atoms with Crippen molar-refractivity contribution in [2.45, 2.75) is 26.4 Å². The van der Waals surface area contributed by atoms with E-state index in [1.165, 1.54) is 6.42 Å². The van der Waals surface area contributed by atoms with E-state index in [9.17, 15) is 0 Å². The highest BCUT2D eigenvalue weighted by Crippen LogP contribution is 2.12. The normalized spacial score (nSPS) is 27.8. The summed E-state index contributed by atoms with van der Waals surface area (Å²) < 4.78 is 5.62. The van der Waals surface area contributed by atoms with Crippen molar-refractivity contribution in [3.05, 3.63) is 0 Å². The predicted molar refractivity (Wildman–Crippen MR) is 46.7 cm³/mol. The van der Waals surface area contributed by atoms with Gasteiger partial charge in [0.05, 0.1) is 12.7 Å². The van der Waals surface area contributed by atoms with Crippen LogP contribution in [0.2, 0.25) is 0 Å². The van der Waals surface area contributed by atoms with Crippen molar-refractivity contribution in [1.29, 1.82) is 0 Å². The number of rotatable bonds is 2. The number of hydrogen-bond donors (Lipinski definition) is 0. The quantitative estimate of drug-likeness (QED) is 0.600. The highest BCUT2D eigenvalue weighted by atomic mass is 16.5. The van der Waals surface area contributed by atoms with Crippen molar-refractivity contribution in [3.8, 4) is 0 Å². The maximum atomic E-state index is 5.62. The third-order valence-corrected chi connectivity index (χ3v) is 2.08. The second kappa shape index (κ2) is 4.07. The van der Waals surface area contributed by atoms with Gasteiger partial charge in [0.2, 0.25) is 0 Å². The first-order chi connectivity index (χ1) is 5.18. The monoisotopic (exact) mass is 157 g/mol. The van der Waals surface area contributed by atoms with Crippen molar-refractivity contribution < 1.29 is 4.74 Å². The molecule has 2 nitrogen and oxygen atoms in total. The van der Waals surface area contributed by atoms with E-state index < -0.39 is 0 Å². The Kier molecular flexibility index (Phi) is 3.34. The van der Waals surface area contributed by atoms with Crippen LogP contribution in [0.5, 0.6) is 0 Å². The van der Waals surface area contributed by atoms with Crippen LogP contribution in [0.25, 0.3) is 0 Å². The predicted octanol–water partition coefficient (Wildman–Crippen LogP) is 1.36. The summed E-state index contributed by atoms with van der Waals surface area (Å²) in [5.41, 5.74) is 0. The van der Waals surface area contributed by atoms with Crippen LogP contribution in [0.15, 0.2) is 0 Å². The first-order valence-corrected chi connectivity index (χ1v) is 4.48. The summed E-state index contributed by atoms with van der Waals surface area (Å²) in [5, 5.41) is 0. The van der Waals surface area contributed by atoms with E-state index in [0.29, 0.717) is 6.10 Å². The Balaban J connectivity index is 2.23. The lowest BCUT2D eigenvalue weighted by Crippen LogP contribution is -2.40. The molecule has 1 fully saturated rings. The number of hydrogen-bond acceptors (Lipinski definition) is 2. The smallest absolute Gasteiger partial charge is 0.0704 e. The van der Waals surface area contributed by atoms with Gasteiger partial charge >= 0.3 is 0 Å². The maximum absolute atomic E-state index is 5.62. The molecule has 0 saturated carbocycles. The van der Waals surface area contributed by atoms with E-state index in [1.807, 2.05) is 0 Å². The number of ether oxygens (including phenoxy) is 1. The lowest BCUT2D eigenvalue weighted by Gasteiger charge is -2.30. The molecule has 0 aromatic rings. The Labute approximate surface area is 69.5 Å². The average molecular weight is 157 g/mol. The van der Waals surface area contributed by atoms with E-state index in [1.54, 1.807) is 0 Å². The second-order valence-electron chi connectivity index (χ2n) is 3.88. The third kappa shape index (κ3) is 3.21. The van der Waals surface area contributed by atoms with Crippen molar-refractivity contribution >= 4 is 0 Å². The lowest BCUT2D eigenvalue weighted by atomic mass is 10.1. The van der Waals surface area contributed by atoms with Gasteiger partial charge in [-0.2, -0.15) is 0 Å². The molecule has 0 spiro atoms. The first kappa shape index (κ1) is 9.01. The van der Waals surface area contributed by atoms with Gasteiger partial charge in [-0.1, -0.05) is 13.8 Å². The highest BCUT2D eigenvalue weighted by Gasteiger charge is 2.17. The van der Waals surface area contributed by atoms with Crippen LogP contribution < -0.4 is 0 Å². The third-order valence-electron chi connectivity index (χ3n) is 2.08. The van der Waals surface area contributed by atoms with Gasteiger partial charge < -0.3 is 9.64 Å². The van der Waals surface area contributed by atoms with E-state index in [0.717, 1.165) is 25.6 Å². The lowest BCUT2D eigenvalue weighted by molar-refractivity contribution is -0.0288. The summed E-state index contributed by atoms with van der Waals surface area (Å²) in [6, 6.07) is 0. The van der Waals surface area contributed by atoms with Crippen molar-refractivity contribution in [1.82, 2.24) is 4.90 Å². The van der Waals surface area contributed by atoms with Gasteiger partial charge in [-0.05, 0) is 19.4 Å². The highest BCUT2D eigenvalue weighted by molar-refractivity contribution is 4.69. The van der Waals surface area contributed by atoms with E-state index in [4.69, 9.17) is 4.74 Å². The zero-order valence-electron chi connectivity index (χ0n) is 7.84. The van der Waals surface area contributed by atoms with Crippen LogP contribution in [-0.2, 0) is 4.74 Å². The van der Waals surface area contributed by atoms with Crippen LogP contribution in [-0.4, -0.2) is 37.7 Å². The van der Waals surface area contributed by atoms with E-state index >= 15 is 0 Å². The minimum Gasteiger partial charge on any atom is -0.376 e. The van der Waals surface area contributed by atoms with Crippen molar-refractivity contribution in [2.75, 3.05) is 26.7 Å². The van der Waals surface area contributed by atoms with Gasteiger partial charge in [-0.15, -0.1) is 0 Å².